The molecule has 0 radical (unpaired) electrons. The van der Waals surface area contributed by atoms with Crippen molar-refractivity contribution in [1.82, 2.24) is 10.2 Å². The molecule has 35 heavy (non-hydrogen) atoms. The lowest BCUT2D eigenvalue weighted by Crippen LogP contribution is -2.53. The Bertz CT molecular complexity index is 1120. The molecular formula is C25H33N3O6S. The van der Waals surface area contributed by atoms with Crippen molar-refractivity contribution in [3.8, 4) is 11.5 Å². The van der Waals surface area contributed by atoms with Crippen molar-refractivity contribution in [3.05, 3.63) is 54.1 Å². The van der Waals surface area contributed by atoms with Crippen LogP contribution < -0.4 is 19.1 Å². The Balaban J connectivity index is 1.89. The number of carbonyl (C=O) groups excluding carboxylic acids is 2. The van der Waals surface area contributed by atoms with E-state index >= 15 is 0 Å². The summed E-state index contributed by atoms with van der Waals surface area (Å²) in [6, 6.07) is 13.7. The molecule has 1 N–H and O–H groups in total. The molecule has 0 spiro atoms. The second-order valence-electron chi connectivity index (χ2n) is 8.24. The number of sulfonamides is 1. The predicted octanol–water partition coefficient (Wildman–Crippen LogP) is 2.21. The first kappa shape index (κ1) is 26.3. The van der Waals surface area contributed by atoms with Gasteiger partial charge in [0.15, 0.2) is 11.5 Å². The van der Waals surface area contributed by atoms with Crippen molar-refractivity contribution >= 4 is 27.5 Å². The molecule has 2 aromatic carbocycles. The lowest BCUT2D eigenvalue weighted by Gasteiger charge is -2.33. The second kappa shape index (κ2) is 11.9. The van der Waals surface area contributed by atoms with Gasteiger partial charge in [0.05, 0.1) is 11.9 Å². The number of fused-ring (bicyclic) bond motifs is 1. The van der Waals surface area contributed by atoms with Crippen molar-refractivity contribution in [3.63, 3.8) is 0 Å². The van der Waals surface area contributed by atoms with Gasteiger partial charge in [0.2, 0.25) is 21.8 Å². The Morgan fingerprint density at radius 1 is 1.03 bits per heavy atom. The number of carbonyl (C=O) groups is 2. The summed E-state index contributed by atoms with van der Waals surface area (Å²) in [6.45, 7) is 4.68. The van der Waals surface area contributed by atoms with E-state index in [9.17, 15) is 18.0 Å². The molecule has 0 unspecified atom stereocenters. The summed E-state index contributed by atoms with van der Waals surface area (Å²) >= 11 is 0. The minimum atomic E-state index is -3.81. The molecule has 1 atom stereocenters. The van der Waals surface area contributed by atoms with Crippen LogP contribution >= 0.6 is 0 Å². The molecule has 10 heteroatoms. The van der Waals surface area contributed by atoms with Gasteiger partial charge < -0.3 is 19.7 Å². The third-order valence-electron chi connectivity index (χ3n) is 5.71. The molecule has 0 bridgehead atoms. The van der Waals surface area contributed by atoms with Crippen molar-refractivity contribution in [1.29, 1.82) is 0 Å². The highest BCUT2D eigenvalue weighted by Crippen LogP contribution is 2.34. The minimum Gasteiger partial charge on any atom is -0.486 e. The van der Waals surface area contributed by atoms with Gasteiger partial charge in [0.25, 0.3) is 0 Å². The van der Waals surface area contributed by atoms with E-state index in [2.05, 4.69) is 5.32 Å². The maximum atomic E-state index is 13.6. The van der Waals surface area contributed by atoms with Gasteiger partial charge in [-0.05, 0) is 37.5 Å². The van der Waals surface area contributed by atoms with Crippen LogP contribution in [0.25, 0.3) is 0 Å². The number of benzene rings is 2. The molecule has 190 valence electrons. The maximum absolute atomic E-state index is 13.6. The average molecular weight is 504 g/mol. The molecule has 0 saturated heterocycles. The first-order chi connectivity index (χ1) is 16.7. The van der Waals surface area contributed by atoms with Crippen LogP contribution in [0.15, 0.2) is 48.5 Å². The quantitative estimate of drug-likeness (QED) is 0.504. The van der Waals surface area contributed by atoms with E-state index in [1.165, 1.54) is 4.90 Å². The van der Waals surface area contributed by atoms with E-state index in [0.717, 1.165) is 16.1 Å². The Labute approximate surface area is 207 Å². The molecule has 0 aliphatic carbocycles. The first-order valence-corrected chi connectivity index (χ1v) is 13.6. The maximum Gasteiger partial charge on any atom is 0.244 e. The molecular weight excluding hydrogens is 470 g/mol. The highest BCUT2D eigenvalue weighted by atomic mass is 32.2. The van der Waals surface area contributed by atoms with E-state index in [0.29, 0.717) is 49.8 Å². The van der Waals surface area contributed by atoms with Crippen LogP contribution in [0.1, 0.15) is 25.8 Å². The SMILES string of the molecule is CCNC(=O)[C@@H](CC)N(CCc1ccccc1)C(=O)CN(c1ccc2c(c1)OCCO2)S(C)(=O)=O. The minimum absolute atomic E-state index is 0.262. The molecule has 2 aromatic rings. The smallest absolute Gasteiger partial charge is 0.244 e. The number of amides is 2. The predicted molar refractivity (Wildman–Crippen MR) is 134 cm³/mol. The van der Waals surface area contributed by atoms with Crippen LogP contribution in [0.3, 0.4) is 0 Å². The van der Waals surface area contributed by atoms with Gasteiger partial charge >= 0.3 is 0 Å². The van der Waals surface area contributed by atoms with Crippen LogP contribution in [0, 0.1) is 0 Å². The lowest BCUT2D eigenvalue weighted by atomic mass is 10.1. The molecule has 1 aliphatic heterocycles. The number of anilines is 1. The van der Waals surface area contributed by atoms with Gasteiger partial charge in [-0.15, -0.1) is 0 Å². The Kier molecular flexibility index (Phi) is 8.97. The first-order valence-electron chi connectivity index (χ1n) is 11.7. The number of rotatable bonds is 11. The van der Waals surface area contributed by atoms with Gasteiger partial charge in [-0.3, -0.25) is 13.9 Å². The summed E-state index contributed by atoms with van der Waals surface area (Å²) in [6.07, 6.45) is 1.98. The zero-order chi connectivity index (χ0) is 25.4. The highest BCUT2D eigenvalue weighted by molar-refractivity contribution is 7.92. The van der Waals surface area contributed by atoms with E-state index < -0.39 is 28.5 Å². The highest BCUT2D eigenvalue weighted by Gasteiger charge is 2.31. The second-order valence-corrected chi connectivity index (χ2v) is 10.1. The Hall–Kier alpha value is -3.27. The molecule has 3 rings (SSSR count). The van der Waals surface area contributed by atoms with Gasteiger partial charge in [-0.2, -0.15) is 0 Å². The van der Waals surface area contributed by atoms with E-state index in [1.807, 2.05) is 44.2 Å². The number of ether oxygens (including phenoxy) is 2. The topological polar surface area (TPSA) is 105 Å². The molecule has 0 aromatic heterocycles. The number of hydrogen-bond acceptors (Lipinski definition) is 6. The summed E-state index contributed by atoms with van der Waals surface area (Å²) in [5.41, 5.74) is 1.31. The zero-order valence-electron chi connectivity index (χ0n) is 20.4. The summed E-state index contributed by atoms with van der Waals surface area (Å²) in [5, 5.41) is 2.78. The van der Waals surface area contributed by atoms with Crippen molar-refractivity contribution in [2.45, 2.75) is 32.7 Å². The zero-order valence-corrected chi connectivity index (χ0v) is 21.2. The van der Waals surface area contributed by atoms with Gasteiger partial charge in [0.1, 0.15) is 25.8 Å². The summed E-state index contributed by atoms with van der Waals surface area (Å²) in [5.74, 6) is 0.220. The molecule has 0 saturated carbocycles. The van der Waals surface area contributed by atoms with E-state index in [1.54, 1.807) is 18.2 Å². The molecule has 1 heterocycles. The largest absolute Gasteiger partial charge is 0.486 e. The van der Waals surface area contributed by atoms with Crippen molar-refractivity contribution < 1.29 is 27.5 Å². The summed E-state index contributed by atoms with van der Waals surface area (Å²) in [4.78, 5) is 27.8. The van der Waals surface area contributed by atoms with Crippen LogP contribution in [0.4, 0.5) is 5.69 Å². The number of nitrogens with zero attached hydrogens (tertiary/aromatic N) is 2. The molecule has 2 amide bonds. The third-order valence-corrected chi connectivity index (χ3v) is 6.85. The fourth-order valence-corrected chi connectivity index (χ4v) is 4.83. The average Bonchev–Trinajstić information content (AvgIpc) is 2.84. The normalized spacial score (nSPS) is 13.6. The van der Waals surface area contributed by atoms with E-state index in [4.69, 9.17) is 9.47 Å². The monoisotopic (exact) mass is 503 g/mol. The molecule has 0 fully saturated rings. The van der Waals surface area contributed by atoms with Gasteiger partial charge in [0, 0.05) is 19.2 Å². The van der Waals surface area contributed by atoms with Gasteiger partial charge in [-0.1, -0.05) is 37.3 Å². The number of likely N-dealkylation sites (N-methyl/N-ethyl adjacent to an activating group) is 1. The van der Waals surface area contributed by atoms with E-state index in [-0.39, 0.29) is 12.5 Å². The standard InChI is InChI=1S/C25H33N3O6S/c1-4-21(25(30)26-5-2)27(14-13-19-9-7-6-8-10-19)24(29)18-28(35(3,31)32)20-11-12-22-23(17-20)34-16-15-33-22/h6-12,17,21H,4-5,13-16,18H2,1-3H3,(H,26,30)/t21-/m1/s1. The number of nitrogens with one attached hydrogen (secondary N) is 1. The lowest BCUT2D eigenvalue weighted by molar-refractivity contribution is -0.139. The summed E-state index contributed by atoms with van der Waals surface area (Å²) in [7, 11) is -3.81. The summed E-state index contributed by atoms with van der Waals surface area (Å²) < 4.78 is 37.6. The van der Waals surface area contributed by atoms with Crippen molar-refractivity contribution in [2.75, 3.05) is 43.4 Å². The Morgan fingerprint density at radius 2 is 1.71 bits per heavy atom. The Morgan fingerprint density at radius 3 is 2.34 bits per heavy atom. The fourth-order valence-electron chi connectivity index (χ4n) is 3.99. The fraction of sp³-hybridized carbons (Fsp3) is 0.440. The van der Waals surface area contributed by atoms with Crippen molar-refractivity contribution in [2.24, 2.45) is 0 Å². The molecule has 1 aliphatic rings. The third kappa shape index (κ3) is 6.88. The van der Waals surface area contributed by atoms with Crippen LogP contribution in [-0.2, 0) is 26.0 Å². The van der Waals surface area contributed by atoms with Gasteiger partial charge in [-0.25, -0.2) is 8.42 Å². The van der Waals surface area contributed by atoms with Crippen LogP contribution in [-0.4, -0.2) is 70.3 Å². The van der Waals surface area contributed by atoms with Crippen LogP contribution in [0.5, 0.6) is 11.5 Å². The number of hydrogen-bond donors (Lipinski definition) is 1. The molecule has 9 nitrogen and oxygen atoms in total. The van der Waals surface area contributed by atoms with Crippen LogP contribution in [0.2, 0.25) is 0 Å².